The van der Waals surface area contributed by atoms with E-state index in [1.807, 2.05) is 0 Å². The number of carboxylic acid groups (broad SMARTS) is 1. The van der Waals surface area contributed by atoms with Crippen LogP contribution < -0.4 is 4.90 Å². The average molecular weight is 237 g/mol. The Hall–Kier alpha value is -2.04. The Bertz CT molecular complexity index is 413. The van der Waals surface area contributed by atoms with Crippen LogP contribution >= 0.6 is 0 Å². The van der Waals surface area contributed by atoms with Crippen LogP contribution in [0.1, 0.15) is 20.3 Å². The standard InChI is InChI=1S/C12H15NO4/c1-3-11(12(16)17)13(8(2)14)9-4-6-10(15)7-5-9/h4-7,11,15H,3H2,1-2H3,(H,16,17). The number of phenols is 1. The monoisotopic (exact) mass is 237 g/mol. The summed E-state index contributed by atoms with van der Waals surface area (Å²) in [4.78, 5) is 23.8. The second-order valence-corrected chi connectivity index (χ2v) is 3.67. The summed E-state index contributed by atoms with van der Waals surface area (Å²) in [5, 5.41) is 18.2. The first-order chi connectivity index (χ1) is 7.97. The zero-order valence-corrected chi connectivity index (χ0v) is 9.75. The van der Waals surface area contributed by atoms with Crippen LogP contribution in [0.25, 0.3) is 0 Å². The van der Waals surface area contributed by atoms with Crippen molar-refractivity contribution in [3.8, 4) is 5.75 Å². The number of aromatic hydroxyl groups is 1. The summed E-state index contributed by atoms with van der Waals surface area (Å²) in [6.07, 6.45) is 0.315. The van der Waals surface area contributed by atoms with Crippen LogP contribution in [0.4, 0.5) is 5.69 Å². The lowest BCUT2D eigenvalue weighted by atomic mass is 10.1. The highest BCUT2D eigenvalue weighted by molar-refractivity contribution is 5.97. The van der Waals surface area contributed by atoms with Gasteiger partial charge < -0.3 is 10.2 Å². The number of phenolic OH excluding ortho intramolecular Hbond substituents is 1. The number of carboxylic acids is 1. The van der Waals surface area contributed by atoms with Crippen LogP contribution in [0.3, 0.4) is 0 Å². The third kappa shape index (κ3) is 2.96. The van der Waals surface area contributed by atoms with Crippen LogP contribution in [0.5, 0.6) is 5.75 Å². The molecule has 0 aromatic heterocycles. The summed E-state index contributed by atoms with van der Waals surface area (Å²) in [6, 6.07) is 4.97. The maximum Gasteiger partial charge on any atom is 0.326 e. The number of nitrogens with zero attached hydrogens (tertiary/aromatic N) is 1. The predicted molar refractivity (Wildman–Crippen MR) is 63.0 cm³/mol. The molecule has 0 aliphatic carbocycles. The van der Waals surface area contributed by atoms with Crippen molar-refractivity contribution >= 4 is 17.6 Å². The Morgan fingerprint density at radius 1 is 1.29 bits per heavy atom. The number of carbonyl (C=O) groups is 2. The molecule has 92 valence electrons. The molecule has 0 bridgehead atoms. The van der Waals surface area contributed by atoms with E-state index in [0.717, 1.165) is 0 Å². The molecule has 1 atom stereocenters. The van der Waals surface area contributed by atoms with Gasteiger partial charge in [0.25, 0.3) is 0 Å². The van der Waals surface area contributed by atoms with Gasteiger partial charge in [-0.2, -0.15) is 0 Å². The minimum absolute atomic E-state index is 0.0700. The van der Waals surface area contributed by atoms with E-state index in [1.54, 1.807) is 6.92 Å². The molecular weight excluding hydrogens is 222 g/mol. The SMILES string of the molecule is CCC(C(=O)O)N(C(C)=O)c1ccc(O)cc1. The van der Waals surface area contributed by atoms with Gasteiger partial charge >= 0.3 is 5.97 Å². The van der Waals surface area contributed by atoms with Crippen molar-refractivity contribution in [2.45, 2.75) is 26.3 Å². The molecule has 1 aromatic carbocycles. The fourth-order valence-corrected chi connectivity index (χ4v) is 1.66. The number of hydrogen-bond acceptors (Lipinski definition) is 3. The molecule has 5 heteroatoms. The molecule has 0 saturated heterocycles. The molecule has 0 spiro atoms. The van der Waals surface area contributed by atoms with Crippen LogP contribution in [0.2, 0.25) is 0 Å². The van der Waals surface area contributed by atoms with Crippen molar-refractivity contribution in [3.05, 3.63) is 24.3 Å². The number of anilines is 1. The van der Waals surface area contributed by atoms with Crippen molar-refractivity contribution in [1.29, 1.82) is 0 Å². The van der Waals surface area contributed by atoms with Gasteiger partial charge in [0.1, 0.15) is 11.8 Å². The normalized spacial score (nSPS) is 11.9. The maximum absolute atomic E-state index is 11.5. The minimum Gasteiger partial charge on any atom is -0.508 e. The molecule has 0 fully saturated rings. The number of aliphatic carboxylic acids is 1. The molecule has 0 saturated carbocycles. The molecule has 0 radical (unpaired) electrons. The van der Waals surface area contributed by atoms with E-state index in [0.29, 0.717) is 12.1 Å². The van der Waals surface area contributed by atoms with Gasteiger partial charge in [-0.15, -0.1) is 0 Å². The third-order valence-electron chi connectivity index (χ3n) is 2.45. The Balaban J connectivity index is 3.12. The lowest BCUT2D eigenvalue weighted by molar-refractivity contribution is -0.140. The third-order valence-corrected chi connectivity index (χ3v) is 2.45. The molecule has 1 unspecified atom stereocenters. The van der Waals surface area contributed by atoms with E-state index in [-0.39, 0.29) is 11.7 Å². The lowest BCUT2D eigenvalue weighted by Gasteiger charge is -2.27. The smallest absolute Gasteiger partial charge is 0.326 e. The molecule has 17 heavy (non-hydrogen) atoms. The van der Waals surface area contributed by atoms with Gasteiger partial charge in [0, 0.05) is 12.6 Å². The largest absolute Gasteiger partial charge is 0.508 e. The van der Waals surface area contributed by atoms with Gasteiger partial charge in [0.2, 0.25) is 5.91 Å². The maximum atomic E-state index is 11.5. The molecule has 1 aromatic rings. The Kier molecular flexibility index (Phi) is 4.09. The zero-order valence-electron chi connectivity index (χ0n) is 9.75. The Labute approximate surface area is 99.3 Å². The van der Waals surface area contributed by atoms with Crippen LogP contribution in [-0.2, 0) is 9.59 Å². The van der Waals surface area contributed by atoms with Crippen molar-refractivity contribution < 1.29 is 19.8 Å². The highest BCUT2D eigenvalue weighted by atomic mass is 16.4. The summed E-state index contributed by atoms with van der Waals surface area (Å²) in [5.74, 6) is -1.32. The molecule has 0 aliphatic heterocycles. The topological polar surface area (TPSA) is 77.8 Å². The molecular formula is C12H15NO4. The first-order valence-electron chi connectivity index (χ1n) is 5.29. The van der Waals surface area contributed by atoms with Gasteiger partial charge in [-0.3, -0.25) is 9.69 Å². The van der Waals surface area contributed by atoms with Gasteiger partial charge in [-0.1, -0.05) is 6.92 Å². The summed E-state index contributed by atoms with van der Waals surface area (Å²) >= 11 is 0. The quantitative estimate of drug-likeness (QED) is 0.833. The molecule has 1 rings (SSSR count). The highest BCUT2D eigenvalue weighted by Gasteiger charge is 2.27. The molecule has 5 nitrogen and oxygen atoms in total. The molecule has 1 amide bonds. The number of rotatable bonds is 4. The second-order valence-electron chi connectivity index (χ2n) is 3.67. The van der Waals surface area contributed by atoms with Gasteiger partial charge in [-0.05, 0) is 30.7 Å². The first kappa shape index (κ1) is 13.0. The predicted octanol–water partition coefficient (Wildman–Crippen LogP) is 1.61. The fourth-order valence-electron chi connectivity index (χ4n) is 1.66. The van der Waals surface area contributed by atoms with Gasteiger partial charge in [0.15, 0.2) is 0 Å². The average Bonchev–Trinajstić information content (AvgIpc) is 2.26. The van der Waals surface area contributed by atoms with Crippen molar-refractivity contribution in [2.24, 2.45) is 0 Å². The van der Waals surface area contributed by atoms with Crippen LogP contribution in [0.15, 0.2) is 24.3 Å². The number of carbonyl (C=O) groups excluding carboxylic acids is 1. The summed E-state index contributed by atoms with van der Waals surface area (Å²) < 4.78 is 0. The van der Waals surface area contributed by atoms with E-state index in [1.165, 1.54) is 36.1 Å². The molecule has 2 N–H and O–H groups in total. The molecule has 0 heterocycles. The Morgan fingerprint density at radius 2 is 1.82 bits per heavy atom. The van der Waals surface area contributed by atoms with E-state index in [9.17, 15) is 9.59 Å². The highest BCUT2D eigenvalue weighted by Crippen LogP contribution is 2.22. The number of hydrogen-bond donors (Lipinski definition) is 2. The van der Waals surface area contributed by atoms with Crippen molar-refractivity contribution in [3.63, 3.8) is 0 Å². The van der Waals surface area contributed by atoms with E-state index < -0.39 is 12.0 Å². The van der Waals surface area contributed by atoms with E-state index >= 15 is 0 Å². The minimum atomic E-state index is -1.05. The van der Waals surface area contributed by atoms with E-state index in [4.69, 9.17) is 10.2 Å². The summed E-state index contributed by atoms with van der Waals surface area (Å²) in [6.45, 7) is 3.02. The molecule has 0 aliphatic rings. The summed E-state index contributed by atoms with van der Waals surface area (Å²) in [7, 11) is 0. The van der Waals surface area contributed by atoms with E-state index in [2.05, 4.69) is 0 Å². The fraction of sp³-hybridized carbons (Fsp3) is 0.333. The first-order valence-corrected chi connectivity index (χ1v) is 5.29. The Morgan fingerprint density at radius 3 is 2.18 bits per heavy atom. The van der Waals surface area contributed by atoms with Crippen molar-refractivity contribution in [1.82, 2.24) is 0 Å². The zero-order chi connectivity index (χ0) is 13.0. The lowest BCUT2D eigenvalue weighted by Crippen LogP contribution is -2.43. The second kappa shape index (κ2) is 5.34. The van der Waals surface area contributed by atoms with Gasteiger partial charge in [0.05, 0.1) is 0 Å². The number of benzene rings is 1. The van der Waals surface area contributed by atoms with Crippen LogP contribution in [-0.4, -0.2) is 28.1 Å². The summed E-state index contributed by atoms with van der Waals surface area (Å²) in [5.41, 5.74) is 0.463. The van der Waals surface area contributed by atoms with Crippen LogP contribution in [0, 0.1) is 0 Å². The van der Waals surface area contributed by atoms with Gasteiger partial charge in [-0.25, -0.2) is 4.79 Å². The van der Waals surface area contributed by atoms with Crippen molar-refractivity contribution in [2.75, 3.05) is 4.90 Å². The number of amides is 1.